The summed E-state index contributed by atoms with van der Waals surface area (Å²) in [6.45, 7) is 1.31. The first kappa shape index (κ1) is 24.4. The lowest BCUT2D eigenvalue weighted by Gasteiger charge is -2.28. The average Bonchev–Trinajstić information content (AvgIpc) is 2.86. The first-order valence-electron chi connectivity index (χ1n) is 11.6. The van der Waals surface area contributed by atoms with Crippen molar-refractivity contribution >= 4 is 51.4 Å². The van der Waals surface area contributed by atoms with Gasteiger partial charge in [0, 0.05) is 23.9 Å². The fourth-order valence-corrected chi connectivity index (χ4v) is 5.90. The van der Waals surface area contributed by atoms with E-state index >= 15 is 0 Å². The van der Waals surface area contributed by atoms with Gasteiger partial charge < -0.3 is 15.3 Å². The Morgan fingerprint density at radius 1 is 1.17 bits per heavy atom. The van der Waals surface area contributed by atoms with Crippen molar-refractivity contribution in [3.63, 3.8) is 0 Å². The van der Waals surface area contributed by atoms with E-state index in [9.17, 15) is 13.4 Å². The molecule has 0 spiro atoms. The van der Waals surface area contributed by atoms with E-state index in [-0.39, 0.29) is 12.1 Å². The third kappa shape index (κ3) is 5.27. The molecule has 2 aliphatic heterocycles. The molecule has 2 aliphatic rings. The van der Waals surface area contributed by atoms with Crippen molar-refractivity contribution in [3.8, 4) is 0 Å². The van der Waals surface area contributed by atoms with Gasteiger partial charge in [0.1, 0.15) is 10.7 Å². The number of hydrogen-bond acceptors (Lipinski definition) is 6. The first-order chi connectivity index (χ1) is 17.4. The van der Waals surface area contributed by atoms with E-state index in [4.69, 9.17) is 21.7 Å². The summed E-state index contributed by atoms with van der Waals surface area (Å²) in [5, 5.41) is 12.7. The van der Waals surface area contributed by atoms with Gasteiger partial charge in [-0.3, -0.25) is 9.00 Å². The van der Waals surface area contributed by atoms with Crippen LogP contribution in [0.5, 0.6) is 0 Å². The molecule has 186 valence electrons. The quantitative estimate of drug-likeness (QED) is 0.467. The molecule has 0 radical (unpaired) electrons. The van der Waals surface area contributed by atoms with Gasteiger partial charge in [-0.15, -0.1) is 0 Å². The molecule has 0 unspecified atom stereocenters. The maximum absolute atomic E-state index is 14.8. The second-order valence-corrected chi connectivity index (χ2v) is 10.7. The molecule has 2 N–H and O–H groups in total. The van der Waals surface area contributed by atoms with Gasteiger partial charge in [-0.25, -0.2) is 9.37 Å². The van der Waals surface area contributed by atoms with E-state index in [0.717, 1.165) is 18.4 Å². The van der Waals surface area contributed by atoms with E-state index in [2.05, 4.69) is 21.3 Å². The van der Waals surface area contributed by atoms with Crippen LogP contribution < -0.4 is 10.2 Å². The topological polar surface area (TPSA) is 95.4 Å². The number of aryl methyl sites for hydroxylation is 1. The molecule has 3 heterocycles. The Morgan fingerprint density at radius 2 is 1.97 bits per heavy atom. The number of anilines is 3. The number of carbonyl (C=O) groups is 1. The smallest absolute Gasteiger partial charge is 0.307 e. The molecule has 0 aliphatic carbocycles. The summed E-state index contributed by atoms with van der Waals surface area (Å²) >= 11 is 6.01. The molecular weight excluding hydrogens is 503 g/mol. The van der Waals surface area contributed by atoms with Crippen LogP contribution in [0.3, 0.4) is 0 Å². The molecule has 3 aromatic rings. The van der Waals surface area contributed by atoms with E-state index in [1.165, 1.54) is 17.7 Å². The van der Waals surface area contributed by atoms with Crippen LogP contribution in [0.15, 0.2) is 53.4 Å². The molecule has 1 atom stereocenters. The lowest BCUT2D eigenvalue weighted by Crippen LogP contribution is -2.31. The summed E-state index contributed by atoms with van der Waals surface area (Å²) in [5.41, 5.74) is 3.56. The highest BCUT2D eigenvalue weighted by Gasteiger charge is 2.26. The summed E-state index contributed by atoms with van der Waals surface area (Å²) in [4.78, 5) is 22.9. The zero-order valence-electron chi connectivity index (χ0n) is 19.3. The van der Waals surface area contributed by atoms with Gasteiger partial charge in [0.2, 0.25) is 5.95 Å². The lowest BCUT2D eigenvalue weighted by molar-refractivity contribution is -0.136. The average molecular weight is 527 g/mol. The summed E-state index contributed by atoms with van der Waals surface area (Å²) in [6.07, 6.45) is 4.10. The van der Waals surface area contributed by atoms with Crippen molar-refractivity contribution in [3.05, 3.63) is 76.2 Å². The molecule has 0 amide bonds. The van der Waals surface area contributed by atoms with Crippen LogP contribution >= 0.6 is 11.6 Å². The SMILES string of the molecule is O=C(O)Cc1ccc(Nc2nc(N3CC=C(c4ccc(Cl)cc4)CC3)nc3c2[S@](=O)CCC3)c(F)c1. The van der Waals surface area contributed by atoms with Gasteiger partial charge in [0.25, 0.3) is 0 Å². The Hall–Kier alpha value is -3.30. The molecule has 0 fully saturated rings. The molecule has 0 saturated heterocycles. The molecular formula is C26H24ClFN4O3S. The summed E-state index contributed by atoms with van der Waals surface area (Å²) in [6, 6.07) is 12.0. The van der Waals surface area contributed by atoms with Crippen LogP contribution in [0.2, 0.25) is 5.02 Å². The van der Waals surface area contributed by atoms with Crippen molar-refractivity contribution in [2.75, 3.05) is 29.1 Å². The number of nitrogens with zero attached hydrogens (tertiary/aromatic N) is 3. The number of rotatable bonds is 6. The molecule has 5 rings (SSSR count). The number of halogens is 2. The number of benzene rings is 2. The number of aromatic nitrogens is 2. The molecule has 7 nitrogen and oxygen atoms in total. The van der Waals surface area contributed by atoms with Gasteiger partial charge in [0.05, 0.1) is 28.6 Å². The van der Waals surface area contributed by atoms with Crippen LogP contribution in [0.25, 0.3) is 5.57 Å². The van der Waals surface area contributed by atoms with Crippen LogP contribution in [0.1, 0.15) is 29.7 Å². The molecule has 10 heteroatoms. The zero-order valence-corrected chi connectivity index (χ0v) is 20.9. The number of nitrogens with one attached hydrogen (secondary N) is 1. The highest BCUT2D eigenvalue weighted by atomic mass is 35.5. The number of fused-ring (bicyclic) bond motifs is 1. The predicted octanol–water partition coefficient (Wildman–Crippen LogP) is 4.99. The number of hydrogen-bond donors (Lipinski definition) is 2. The van der Waals surface area contributed by atoms with E-state index in [1.54, 1.807) is 6.07 Å². The monoisotopic (exact) mass is 526 g/mol. The standard InChI is InChI=1S/C26H24ClFN4O3S/c27-19-6-4-17(5-7-19)18-9-11-32(12-10-18)26-30-22-2-1-13-36(35)24(22)25(31-26)29-21-8-3-16(14-20(21)28)15-23(33)34/h3-9,14H,1-2,10-13,15H2,(H,33,34)(H,29,30,31)/t36-/m1/s1. The van der Waals surface area contributed by atoms with Crippen LogP contribution in [-0.2, 0) is 28.4 Å². The molecule has 36 heavy (non-hydrogen) atoms. The normalized spacial score (nSPS) is 17.3. The zero-order chi connectivity index (χ0) is 25.2. The van der Waals surface area contributed by atoms with E-state index in [0.29, 0.717) is 58.2 Å². The number of carboxylic acid groups (broad SMARTS) is 1. The fourth-order valence-electron chi connectivity index (χ4n) is 4.44. The van der Waals surface area contributed by atoms with Crippen molar-refractivity contribution in [2.45, 2.75) is 30.6 Å². The summed E-state index contributed by atoms with van der Waals surface area (Å²) in [7, 11) is -1.29. The number of aliphatic carboxylic acids is 1. The van der Waals surface area contributed by atoms with E-state index < -0.39 is 22.6 Å². The largest absolute Gasteiger partial charge is 0.481 e. The Kier molecular flexibility index (Phi) is 7.02. The van der Waals surface area contributed by atoms with Gasteiger partial charge in [-0.2, -0.15) is 4.98 Å². The Labute approximate surface area is 215 Å². The predicted molar refractivity (Wildman–Crippen MR) is 139 cm³/mol. The van der Waals surface area contributed by atoms with E-state index in [1.807, 2.05) is 24.3 Å². The van der Waals surface area contributed by atoms with Crippen LogP contribution in [0, 0.1) is 5.82 Å². The molecule has 0 saturated carbocycles. The van der Waals surface area contributed by atoms with Gasteiger partial charge in [-0.1, -0.05) is 35.9 Å². The minimum atomic E-state index is -1.29. The maximum atomic E-state index is 14.8. The molecule has 0 bridgehead atoms. The minimum absolute atomic E-state index is 0.141. The van der Waals surface area contributed by atoms with Gasteiger partial charge in [-0.05, 0) is 60.2 Å². The second kappa shape index (κ2) is 10.4. The highest BCUT2D eigenvalue weighted by Crippen LogP contribution is 2.33. The lowest BCUT2D eigenvalue weighted by atomic mass is 10.00. The third-order valence-electron chi connectivity index (χ3n) is 6.24. The fraction of sp³-hybridized carbons (Fsp3) is 0.269. The third-order valence-corrected chi connectivity index (χ3v) is 8.04. The van der Waals surface area contributed by atoms with Crippen LogP contribution in [0.4, 0.5) is 21.8 Å². The van der Waals surface area contributed by atoms with Crippen molar-refractivity contribution in [2.24, 2.45) is 0 Å². The minimum Gasteiger partial charge on any atom is -0.481 e. The van der Waals surface area contributed by atoms with Gasteiger partial charge in [0.15, 0.2) is 5.82 Å². The molecule has 1 aromatic heterocycles. The Bertz CT molecular complexity index is 1380. The summed E-state index contributed by atoms with van der Waals surface area (Å²) < 4.78 is 27.7. The number of carboxylic acids is 1. The Balaban J connectivity index is 1.44. The molecule has 2 aromatic carbocycles. The highest BCUT2D eigenvalue weighted by molar-refractivity contribution is 7.85. The van der Waals surface area contributed by atoms with Crippen molar-refractivity contribution in [1.82, 2.24) is 9.97 Å². The first-order valence-corrected chi connectivity index (χ1v) is 13.3. The van der Waals surface area contributed by atoms with Gasteiger partial charge >= 0.3 is 5.97 Å². The van der Waals surface area contributed by atoms with Crippen molar-refractivity contribution in [1.29, 1.82) is 0 Å². The second-order valence-electron chi connectivity index (χ2n) is 8.74. The Morgan fingerprint density at radius 3 is 2.67 bits per heavy atom. The summed E-state index contributed by atoms with van der Waals surface area (Å²) in [5.74, 6) is -0.302. The van der Waals surface area contributed by atoms with Crippen molar-refractivity contribution < 1.29 is 18.5 Å². The van der Waals surface area contributed by atoms with Crippen LogP contribution in [-0.4, -0.2) is 44.1 Å². The maximum Gasteiger partial charge on any atom is 0.307 e.